The topological polar surface area (TPSA) is 165 Å². The Morgan fingerprint density at radius 3 is 2.21 bits per heavy atom. The van der Waals surface area contributed by atoms with Crippen LogP contribution in [0.15, 0.2) is 71.2 Å². The molecule has 10 heteroatoms. The third kappa shape index (κ3) is 5.01. The Morgan fingerprint density at radius 2 is 1.58 bits per heavy atom. The maximum Gasteiger partial charge on any atom is 0.255 e. The van der Waals surface area contributed by atoms with Crippen molar-refractivity contribution >= 4 is 28.2 Å². The van der Waals surface area contributed by atoms with E-state index in [1.54, 1.807) is 25.1 Å². The van der Waals surface area contributed by atoms with E-state index in [1.807, 2.05) is 12.1 Å². The fourth-order valence-corrected chi connectivity index (χ4v) is 8.38. The van der Waals surface area contributed by atoms with E-state index >= 15 is 0 Å². The maximum absolute atomic E-state index is 14.3. The second kappa shape index (κ2) is 12.5. The molecule has 48 heavy (non-hydrogen) atoms. The predicted octanol–water partition coefficient (Wildman–Crippen LogP) is 4.56. The van der Waals surface area contributed by atoms with Gasteiger partial charge < -0.3 is 26.2 Å². The number of rotatable bonds is 9. The highest BCUT2D eigenvalue weighted by atomic mass is 16.3. The van der Waals surface area contributed by atoms with Crippen molar-refractivity contribution < 1.29 is 34.8 Å². The summed E-state index contributed by atoms with van der Waals surface area (Å²) < 4.78 is 0. The van der Waals surface area contributed by atoms with Crippen LogP contribution < -0.4 is 5.73 Å². The molecule has 6 N–H and O–H groups in total. The quantitative estimate of drug-likeness (QED) is 0.208. The number of allylic oxidation sites excluding steroid dienone is 1. The lowest BCUT2D eigenvalue weighted by atomic mass is 9.58. The Balaban J connectivity index is 1.50. The first-order chi connectivity index (χ1) is 22.9. The highest BCUT2D eigenvalue weighted by Gasteiger charge is 2.63. The van der Waals surface area contributed by atoms with Crippen LogP contribution in [-0.4, -0.2) is 86.5 Å². The van der Waals surface area contributed by atoms with Gasteiger partial charge in [0.15, 0.2) is 11.4 Å². The molecule has 0 saturated carbocycles. The molecule has 0 saturated heterocycles. The molecule has 3 aromatic carbocycles. The molecule has 4 atom stereocenters. The molecule has 0 bridgehead atoms. The number of aromatic hydroxyl groups is 1. The van der Waals surface area contributed by atoms with Crippen molar-refractivity contribution in [2.75, 3.05) is 27.2 Å². The summed E-state index contributed by atoms with van der Waals surface area (Å²) in [5.41, 5.74) is 5.23. The molecule has 0 heterocycles. The number of nitrogens with two attached hydrogens (primary N) is 1. The number of likely N-dealkylation sites (N-methyl/N-ethyl adjacent to an activating group) is 1. The lowest BCUT2D eigenvalue weighted by Gasteiger charge is -2.50. The van der Waals surface area contributed by atoms with Crippen molar-refractivity contribution in [2.45, 2.75) is 57.7 Å². The van der Waals surface area contributed by atoms with Crippen molar-refractivity contribution in [3.63, 3.8) is 0 Å². The van der Waals surface area contributed by atoms with Crippen LogP contribution >= 0.6 is 0 Å². The average Bonchev–Trinajstić information content (AvgIpc) is 3.03. The number of primary amides is 1. The summed E-state index contributed by atoms with van der Waals surface area (Å²) in [6, 6.07) is 14.5. The summed E-state index contributed by atoms with van der Waals surface area (Å²) >= 11 is 0. The summed E-state index contributed by atoms with van der Waals surface area (Å²) in [6.45, 7) is 7.15. The molecule has 1 amide bonds. The summed E-state index contributed by atoms with van der Waals surface area (Å²) in [7, 11) is 3.23. The molecular formula is C38H43N3O7. The van der Waals surface area contributed by atoms with Crippen LogP contribution in [-0.2, 0) is 22.6 Å². The van der Waals surface area contributed by atoms with Crippen molar-refractivity contribution in [3.8, 4) is 16.9 Å². The SMILES string of the molecule is CCCN(CCC)Cc1ccc(-c2ccc(O)c3c2CC2CC4C(N(C)C)C(O)=C(C(N)=O)C(=O)C4(O)C(O)=C2C3=O)c2ccccc12. The Bertz CT molecular complexity index is 1910. The van der Waals surface area contributed by atoms with Gasteiger partial charge in [-0.2, -0.15) is 0 Å². The zero-order valence-electron chi connectivity index (χ0n) is 27.8. The molecule has 0 aliphatic heterocycles. The number of benzene rings is 3. The van der Waals surface area contributed by atoms with E-state index in [2.05, 4.69) is 43.0 Å². The number of aliphatic hydroxyl groups is 3. The standard InChI is InChI=1S/C38H43N3O7/c1-5-15-41(16-6-2)19-20-11-12-24(23-10-8-7-9-22(20)23)25-13-14-28(42)30-26(25)17-21-18-27-32(40(3)4)34(44)31(37(39)47)36(46)38(27,48)35(45)29(21)33(30)43/h7-14,21,27,32,42,44-45,48H,5-6,15-19H2,1-4H3,(H2,39,47). The minimum Gasteiger partial charge on any atom is -0.510 e. The number of nitrogens with zero attached hydrogens (tertiary/aromatic N) is 2. The highest BCUT2D eigenvalue weighted by molar-refractivity contribution is 6.25. The molecule has 0 aromatic heterocycles. The molecule has 3 aliphatic rings. The number of phenolic OH excluding ortho intramolecular Hbond substituents is 1. The Morgan fingerprint density at radius 1 is 0.938 bits per heavy atom. The van der Waals surface area contributed by atoms with Crippen molar-refractivity contribution in [2.24, 2.45) is 17.6 Å². The number of ketones is 2. The monoisotopic (exact) mass is 653 g/mol. The zero-order chi connectivity index (χ0) is 34.7. The number of phenols is 1. The van der Waals surface area contributed by atoms with E-state index < -0.39 is 58.0 Å². The van der Waals surface area contributed by atoms with E-state index in [9.17, 15) is 34.8 Å². The minimum atomic E-state index is -2.67. The second-order valence-corrected chi connectivity index (χ2v) is 13.5. The van der Waals surface area contributed by atoms with E-state index in [4.69, 9.17) is 5.73 Å². The Kier molecular flexibility index (Phi) is 8.70. The van der Waals surface area contributed by atoms with Gasteiger partial charge in [-0.3, -0.25) is 24.2 Å². The molecule has 10 nitrogen and oxygen atoms in total. The molecule has 0 radical (unpaired) electrons. The number of hydrogen-bond donors (Lipinski definition) is 5. The largest absolute Gasteiger partial charge is 0.510 e. The van der Waals surface area contributed by atoms with Gasteiger partial charge in [-0.1, -0.05) is 56.3 Å². The van der Waals surface area contributed by atoms with Crippen LogP contribution in [0.4, 0.5) is 0 Å². The van der Waals surface area contributed by atoms with Crippen LogP contribution in [0.3, 0.4) is 0 Å². The fourth-order valence-electron chi connectivity index (χ4n) is 8.38. The van der Waals surface area contributed by atoms with Crippen LogP contribution in [0.5, 0.6) is 5.75 Å². The van der Waals surface area contributed by atoms with Crippen LogP contribution in [0.2, 0.25) is 0 Å². The lowest BCUT2D eigenvalue weighted by Crippen LogP contribution is -2.63. The number of carbonyl (C=O) groups is 3. The molecular weight excluding hydrogens is 610 g/mol. The van der Waals surface area contributed by atoms with Gasteiger partial charge in [0.2, 0.25) is 5.78 Å². The molecule has 0 fully saturated rings. The average molecular weight is 654 g/mol. The van der Waals surface area contributed by atoms with E-state index in [0.29, 0.717) is 5.56 Å². The first-order valence-corrected chi connectivity index (χ1v) is 16.6. The van der Waals surface area contributed by atoms with Gasteiger partial charge in [0.05, 0.1) is 11.6 Å². The highest BCUT2D eigenvalue weighted by Crippen LogP contribution is 2.53. The predicted molar refractivity (Wildman–Crippen MR) is 182 cm³/mol. The van der Waals surface area contributed by atoms with Crippen LogP contribution in [0.25, 0.3) is 21.9 Å². The number of Topliss-reactive ketones (excluding diaryl/α,β-unsaturated/α-hetero) is 2. The zero-order valence-corrected chi connectivity index (χ0v) is 27.8. The van der Waals surface area contributed by atoms with Gasteiger partial charge in [0, 0.05) is 18.0 Å². The number of aliphatic hydroxyl groups excluding tert-OH is 2. The molecule has 3 aliphatic carbocycles. The molecule has 0 spiro atoms. The first-order valence-electron chi connectivity index (χ1n) is 16.6. The normalized spacial score (nSPS) is 23.9. The van der Waals surface area contributed by atoms with Crippen LogP contribution in [0.1, 0.15) is 54.6 Å². The maximum atomic E-state index is 14.3. The molecule has 252 valence electrons. The summed E-state index contributed by atoms with van der Waals surface area (Å²) in [4.78, 5) is 44.1. The number of hydrogen-bond acceptors (Lipinski definition) is 9. The van der Waals surface area contributed by atoms with E-state index in [-0.39, 0.29) is 29.7 Å². The number of fused-ring (bicyclic) bond motifs is 4. The molecule has 4 unspecified atom stereocenters. The van der Waals surface area contributed by atoms with Gasteiger partial charge >= 0.3 is 0 Å². The lowest BCUT2D eigenvalue weighted by molar-refractivity contribution is -0.148. The first kappa shape index (κ1) is 33.4. The smallest absolute Gasteiger partial charge is 0.255 e. The number of amides is 1. The summed E-state index contributed by atoms with van der Waals surface area (Å²) in [5, 5.41) is 47.8. The Labute approximate surface area is 279 Å². The minimum absolute atomic E-state index is 0.00138. The van der Waals surface area contributed by atoms with Gasteiger partial charge in [0.1, 0.15) is 22.8 Å². The van der Waals surface area contributed by atoms with Crippen molar-refractivity contribution in [1.82, 2.24) is 9.80 Å². The van der Waals surface area contributed by atoms with Gasteiger partial charge in [-0.15, -0.1) is 0 Å². The van der Waals surface area contributed by atoms with Crippen LogP contribution in [0, 0.1) is 11.8 Å². The van der Waals surface area contributed by atoms with Gasteiger partial charge in [0.25, 0.3) is 5.91 Å². The van der Waals surface area contributed by atoms with Gasteiger partial charge in [-0.25, -0.2) is 0 Å². The second-order valence-electron chi connectivity index (χ2n) is 13.5. The van der Waals surface area contributed by atoms with Gasteiger partial charge in [-0.05, 0) is 97.9 Å². The Hall–Kier alpha value is -4.51. The molecule has 6 rings (SSSR count). The summed E-state index contributed by atoms with van der Waals surface area (Å²) in [5.74, 6) is -6.68. The third-order valence-electron chi connectivity index (χ3n) is 10.4. The van der Waals surface area contributed by atoms with Crippen molar-refractivity contribution in [3.05, 3.63) is 87.9 Å². The van der Waals surface area contributed by atoms with Crippen molar-refractivity contribution in [1.29, 1.82) is 0 Å². The van der Waals surface area contributed by atoms with E-state index in [0.717, 1.165) is 54.4 Å². The number of carbonyl (C=O) groups excluding carboxylic acids is 3. The third-order valence-corrected chi connectivity index (χ3v) is 10.4. The summed E-state index contributed by atoms with van der Waals surface area (Å²) in [6.07, 6.45) is 2.36. The fraction of sp³-hybridized carbons (Fsp3) is 0.395. The molecule has 3 aromatic rings. The van der Waals surface area contributed by atoms with E-state index in [1.165, 1.54) is 11.6 Å².